The first-order valence-corrected chi connectivity index (χ1v) is 4.49. The summed E-state index contributed by atoms with van der Waals surface area (Å²) < 4.78 is 0. The maximum atomic E-state index is 11.5. The third-order valence-corrected chi connectivity index (χ3v) is 1.56. The highest BCUT2D eigenvalue weighted by Gasteiger charge is 2.17. The molecule has 0 aromatic rings. The molecule has 0 aliphatic carbocycles. The van der Waals surface area contributed by atoms with Crippen LogP contribution in [0.15, 0.2) is 11.9 Å². The van der Waals surface area contributed by atoms with Crippen LogP contribution in [0.3, 0.4) is 0 Å². The number of hydrogen-bond acceptors (Lipinski definition) is 3. The molecule has 0 radical (unpaired) electrons. The summed E-state index contributed by atoms with van der Waals surface area (Å²) in [5.41, 5.74) is 0.429. The topological polar surface area (TPSA) is 53.2 Å². The zero-order valence-corrected chi connectivity index (χ0v) is 8.40. The minimum absolute atomic E-state index is 0.0558. The first kappa shape index (κ1) is 9.89. The summed E-state index contributed by atoms with van der Waals surface area (Å²) in [7, 11) is 0. The average molecular weight is 183 g/mol. The molecule has 0 bridgehead atoms. The predicted octanol–water partition coefficient (Wildman–Crippen LogP) is -0.0647. The van der Waals surface area contributed by atoms with Gasteiger partial charge in [0.15, 0.2) is 0 Å². The van der Waals surface area contributed by atoms with Gasteiger partial charge < -0.3 is 16.0 Å². The molecular formula is C9H17N3O. The molecule has 0 aromatic heterocycles. The van der Waals surface area contributed by atoms with Crippen molar-refractivity contribution < 1.29 is 4.79 Å². The number of carbonyl (C=O) groups excluding carboxylic acids is 1. The van der Waals surface area contributed by atoms with Gasteiger partial charge in [-0.15, -0.1) is 0 Å². The van der Waals surface area contributed by atoms with E-state index in [1.54, 1.807) is 6.20 Å². The van der Waals surface area contributed by atoms with E-state index in [0.29, 0.717) is 5.70 Å². The molecule has 74 valence electrons. The highest BCUT2D eigenvalue weighted by Crippen LogP contribution is 2.01. The Morgan fingerprint density at radius 2 is 2.15 bits per heavy atom. The fourth-order valence-electron chi connectivity index (χ4n) is 1.05. The molecule has 1 rings (SSSR count). The van der Waals surface area contributed by atoms with Crippen molar-refractivity contribution in [2.75, 3.05) is 13.1 Å². The van der Waals surface area contributed by atoms with E-state index in [4.69, 9.17) is 0 Å². The van der Waals surface area contributed by atoms with Crippen molar-refractivity contribution >= 4 is 5.91 Å². The van der Waals surface area contributed by atoms with Crippen LogP contribution in [0.2, 0.25) is 0 Å². The molecule has 0 saturated heterocycles. The Balaban J connectivity index is 2.52. The van der Waals surface area contributed by atoms with Crippen LogP contribution < -0.4 is 16.0 Å². The molecule has 1 heterocycles. The lowest BCUT2D eigenvalue weighted by Crippen LogP contribution is -2.46. The van der Waals surface area contributed by atoms with Gasteiger partial charge in [-0.25, -0.2) is 0 Å². The van der Waals surface area contributed by atoms with E-state index in [0.717, 1.165) is 13.1 Å². The minimum atomic E-state index is -0.183. The summed E-state index contributed by atoms with van der Waals surface area (Å²) in [6, 6.07) is 0. The van der Waals surface area contributed by atoms with E-state index >= 15 is 0 Å². The number of nitrogens with one attached hydrogen (secondary N) is 3. The lowest BCUT2D eigenvalue weighted by molar-refractivity contribution is -0.119. The van der Waals surface area contributed by atoms with E-state index in [2.05, 4.69) is 16.0 Å². The molecule has 1 amide bonds. The van der Waals surface area contributed by atoms with Gasteiger partial charge in [0, 0.05) is 24.8 Å². The van der Waals surface area contributed by atoms with Crippen LogP contribution >= 0.6 is 0 Å². The fraction of sp³-hybridized carbons (Fsp3) is 0.667. The molecule has 13 heavy (non-hydrogen) atoms. The van der Waals surface area contributed by atoms with Crippen molar-refractivity contribution in [1.82, 2.24) is 16.0 Å². The van der Waals surface area contributed by atoms with Gasteiger partial charge in [0.2, 0.25) is 0 Å². The van der Waals surface area contributed by atoms with Crippen molar-refractivity contribution in [3.05, 3.63) is 11.9 Å². The second kappa shape index (κ2) is 3.68. The monoisotopic (exact) mass is 183 g/mol. The number of carbonyl (C=O) groups is 1. The van der Waals surface area contributed by atoms with E-state index in [1.165, 1.54) is 0 Å². The largest absolute Gasteiger partial charge is 0.387 e. The van der Waals surface area contributed by atoms with Crippen LogP contribution in [-0.2, 0) is 4.79 Å². The maximum Gasteiger partial charge on any atom is 0.269 e. The zero-order chi connectivity index (χ0) is 9.90. The molecule has 3 N–H and O–H groups in total. The van der Waals surface area contributed by atoms with Gasteiger partial charge in [-0.1, -0.05) is 0 Å². The molecule has 1 aliphatic rings. The van der Waals surface area contributed by atoms with Crippen molar-refractivity contribution in [1.29, 1.82) is 0 Å². The summed E-state index contributed by atoms with van der Waals surface area (Å²) in [5.74, 6) is -0.0558. The molecule has 0 fully saturated rings. The first-order valence-electron chi connectivity index (χ1n) is 4.49. The van der Waals surface area contributed by atoms with E-state index in [9.17, 15) is 4.79 Å². The van der Waals surface area contributed by atoms with Crippen LogP contribution in [0.25, 0.3) is 0 Å². The average Bonchev–Trinajstić information content (AvgIpc) is 2.03. The summed E-state index contributed by atoms with van der Waals surface area (Å²) in [6.07, 6.45) is 1.71. The Bertz CT molecular complexity index is 228. The van der Waals surface area contributed by atoms with Crippen molar-refractivity contribution in [2.24, 2.45) is 0 Å². The Morgan fingerprint density at radius 3 is 2.62 bits per heavy atom. The van der Waals surface area contributed by atoms with Gasteiger partial charge in [-0.05, 0) is 20.8 Å². The summed E-state index contributed by atoms with van der Waals surface area (Å²) in [4.78, 5) is 11.5. The Hall–Kier alpha value is -1.19. The van der Waals surface area contributed by atoms with E-state index < -0.39 is 0 Å². The van der Waals surface area contributed by atoms with Crippen LogP contribution in [0.5, 0.6) is 0 Å². The molecule has 4 nitrogen and oxygen atoms in total. The highest BCUT2D eigenvalue weighted by atomic mass is 16.2. The predicted molar refractivity (Wildman–Crippen MR) is 52.0 cm³/mol. The van der Waals surface area contributed by atoms with E-state index in [1.807, 2.05) is 20.8 Å². The number of amides is 1. The Kier molecular flexibility index (Phi) is 2.80. The molecule has 0 saturated carbocycles. The summed E-state index contributed by atoms with van der Waals surface area (Å²) in [6.45, 7) is 7.54. The molecule has 0 atom stereocenters. The maximum absolute atomic E-state index is 11.5. The normalized spacial score (nSPS) is 16.7. The zero-order valence-electron chi connectivity index (χ0n) is 8.40. The molecule has 0 aromatic carbocycles. The molecule has 0 spiro atoms. The number of hydrogen-bond donors (Lipinski definition) is 3. The SMILES string of the molecule is CC(C)(C)NC(=O)C1=CNCCN1. The second-order valence-electron chi connectivity index (χ2n) is 4.14. The van der Waals surface area contributed by atoms with Crippen LogP contribution in [0.1, 0.15) is 20.8 Å². The molecule has 0 unspecified atom stereocenters. The van der Waals surface area contributed by atoms with Gasteiger partial charge in [0.25, 0.3) is 5.91 Å². The van der Waals surface area contributed by atoms with Crippen molar-refractivity contribution in [2.45, 2.75) is 26.3 Å². The Labute approximate surface area is 78.8 Å². The van der Waals surface area contributed by atoms with Crippen LogP contribution in [-0.4, -0.2) is 24.5 Å². The fourth-order valence-corrected chi connectivity index (χ4v) is 1.05. The first-order chi connectivity index (χ1) is 5.99. The molecular weight excluding hydrogens is 166 g/mol. The van der Waals surface area contributed by atoms with Crippen molar-refractivity contribution in [3.63, 3.8) is 0 Å². The van der Waals surface area contributed by atoms with Gasteiger partial charge in [-0.2, -0.15) is 0 Å². The molecule has 1 aliphatic heterocycles. The third-order valence-electron chi connectivity index (χ3n) is 1.56. The number of rotatable bonds is 1. The molecule has 4 heteroatoms. The van der Waals surface area contributed by atoms with E-state index in [-0.39, 0.29) is 11.4 Å². The smallest absolute Gasteiger partial charge is 0.269 e. The standard InChI is InChI=1S/C9H17N3O/c1-9(2,3)12-8(13)7-6-10-4-5-11-7/h6,10-11H,4-5H2,1-3H3,(H,12,13). The van der Waals surface area contributed by atoms with Crippen molar-refractivity contribution in [3.8, 4) is 0 Å². The third kappa shape index (κ3) is 3.36. The van der Waals surface area contributed by atoms with Gasteiger partial charge in [0.05, 0.1) is 0 Å². The Morgan fingerprint density at radius 1 is 1.46 bits per heavy atom. The lowest BCUT2D eigenvalue weighted by atomic mass is 10.1. The van der Waals surface area contributed by atoms with Crippen LogP contribution in [0.4, 0.5) is 0 Å². The quantitative estimate of drug-likeness (QED) is 0.533. The van der Waals surface area contributed by atoms with Crippen LogP contribution in [0, 0.1) is 0 Å². The second-order valence-corrected chi connectivity index (χ2v) is 4.14. The summed E-state index contributed by atoms with van der Waals surface area (Å²) >= 11 is 0. The lowest BCUT2D eigenvalue weighted by Gasteiger charge is -2.23. The summed E-state index contributed by atoms with van der Waals surface area (Å²) in [5, 5.41) is 8.92. The van der Waals surface area contributed by atoms with Gasteiger partial charge >= 0.3 is 0 Å². The minimum Gasteiger partial charge on any atom is -0.387 e. The highest BCUT2D eigenvalue weighted by molar-refractivity contribution is 5.93. The van der Waals surface area contributed by atoms with Gasteiger partial charge in [-0.3, -0.25) is 4.79 Å². The van der Waals surface area contributed by atoms with Gasteiger partial charge in [0.1, 0.15) is 5.70 Å².